The van der Waals surface area contributed by atoms with Crippen LogP contribution in [-0.2, 0) is 4.79 Å². The number of carbonyl (C=O) groups is 1. The molecule has 182 valence electrons. The summed E-state index contributed by atoms with van der Waals surface area (Å²) in [5.41, 5.74) is 6.52. The quantitative estimate of drug-likeness (QED) is 0.719. The molecular formula is C26H40FN5O. The molecule has 3 aliphatic rings. The molecule has 2 fully saturated rings. The predicted octanol–water partition coefficient (Wildman–Crippen LogP) is 3.85. The molecule has 0 aromatic heterocycles. The molecule has 2 heterocycles. The smallest absolute Gasteiger partial charge is 0.236 e. The Morgan fingerprint density at radius 1 is 1.12 bits per heavy atom. The SMILES string of the molecule is CC(C)(C)C1CCC(NC2=CN(c3ccc(F)cc3)C3N2CCN(C(=O)CN)C3(C)C)CC1. The van der Waals surface area contributed by atoms with Gasteiger partial charge in [0.1, 0.15) is 17.8 Å². The van der Waals surface area contributed by atoms with Crippen LogP contribution in [0.4, 0.5) is 10.1 Å². The number of nitrogens with two attached hydrogens (primary N) is 1. The lowest BCUT2D eigenvalue weighted by molar-refractivity contribution is -0.141. The molecule has 6 nitrogen and oxygen atoms in total. The second kappa shape index (κ2) is 8.82. The van der Waals surface area contributed by atoms with Gasteiger partial charge in [-0.15, -0.1) is 0 Å². The number of anilines is 1. The van der Waals surface area contributed by atoms with E-state index in [1.165, 1.54) is 25.0 Å². The van der Waals surface area contributed by atoms with Crippen molar-refractivity contribution in [1.82, 2.24) is 15.1 Å². The molecule has 0 spiro atoms. The van der Waals surface area contributed by atoms with E-state index in [0.29, 0.717) is 18.0 Å². The van der Waals surface area contributed by atoms with E-state index < -0.39 is 5.54 Å². The standard InChI is InChI=1S/C26H40FN5O/c1-25(2,3)18-6-10-20(11-7-18)29-22-17-31(21-12-8-19(27)9-13-21)24-26(4,5)32(23(33)16-28)15-14-30(22)24/h8-9,12-13,17-18,20,24,29H,6-7,10-11,14-16,28H2,1-5H3. The highest BCUT2D eigenvalue weighted by Gasteiger charge is 2.51. The largest absolute Gasteiger partial charge is 0.368 e. The third-order valence-corrected chi connectivity index (χ3v) is 7.93. The Morgan fingerprint density at radius 2 is 1.76 bits per heavy atom. The summed E-state index contributed by atoms with van der Waals surface area (Å²) in [6.45, 7) is 12.6. The maximum absolute atomic E-state index is 13.7. The van der Waals surface area contributed by atoms with Crippen molar-refractivity contribution in [2.75, 3.05) is 24.5 Å². The molecule has 1 aromatic rings. The fraction of sp³-hybridized carbons (Fsp3) is 0.654. The normalized spacial score (nSPS) is 27.3. The summed E-state index contributed by atoms with van der Waals surface area (Å²) in [5.74, 6) is 1.56. The van der Waals surface area contributed by atoms with Crippen LogP contribution < -0.4 is 16.0 Å². The molecular weight excluding hydrogens is 417 g/mol. The van der Waals surface area contributed by atoms with E-state index in [-0.39, 0.29) is 24.4 Å². The first-order valence-corrected chi connectivity index (χ1v) is 12.3. The van der Waals surface area contributed by atoms with Crippen molar-refractivity contribution in [2.45, 2.75) is 78.0 Å². The first-order valence-electron chi connectivity index (χ1n) is 12.3. The van der Waals surface area contributed by atoms with Crippen LogP contribution >= 0.6 is 0 Å². The molecule has 3 N–H and O–H groups in total. The minimum atomic E-state index is -0.479. The minimum absolute atomic E-state index is 0.00223. The fourth-order valence-corrected chi connectivity index (χ4v) is 5.98. The molecule has 33 heavy (non-hydrogen) atoms. The van der Waals surface area contributed by atoms with Crippen molar-refractivity contribution in [1.29, 1.82) is 0 Å². The Morgan fingerprint density at radius 3 is 2.33 bits per heavy atom. The van der Waals surface area contributed by atoms with Gasteiger partial charge in [-0.2, -0.15) is 0 Å². The first-order chi connectivity index (χ1) is 15.5. The zero-order chi connectivity index (χ0) is 24.0. The number of halogens is 1. The Balaban J connectivity index is 1.59. The van der Waals surface area contributed by atoms with Gasteiger partial charge in [0, 0.05) is 31.0 Å². The summed E-state index contributed by atoms with van der Waals surface area (Å²) in [6, 6.07) is 7.04. The van der Waals surface area contributed by atoms with Gasteiger partial charge in [0.2, 0.25) is 5.91 Å². The lowest BCUT2D eigenvalue weighted by Crippen LogP contribution is -2.70. The number of rotatable bonds is 4. The van der Waals surface area contributed by atoms with Crippen LogP contribution in [0, 0.1) is 17.2 Å². The van der Waals surface area contributed by atoms with Crippen LogP contribution in [0.3, 0.4) is 0 Å². The molecule has 1 unspecified atom stereocenters. The van der Waals surface area contributed by atoms with E-state index in [1.54, 1.807) is 12.1 Å². The number of nitrogens with one attached hydrogen (secondary N) is 1. The average molecular weight is 458 g/mol. The summed E-state index contributed by atoms with van der Waals surface area (Å²) in [5, 5.41) is 3.84. The Bertz CT molecular complexity index is 883. The van der Waals surface area contributed by atoms with Crippen molar-refractivity contribution in [3.63, 3.8) is 0 Å². The molecule has 7 heteroatoms. The molecule has 4 rings (SSSR count). The summed E-state index contributed by atoms with van der Waals surface area (Å²) < 4.78 is 13.7. The van der Waals surface area contributed by atoms with E-state index >= 15 is 0 Å². The van der Waals surface area contributed by atoms with E-state index in [1.807, 2.05) is 4.90 Å². The molecule has 1 aromatic carbocycles. The number of piperazine rings is 1. The molecule has 1 saturated heterocycles. The summed E-state index contributed by atoms with van der Waals surface area (Å²) in [4.78, 5) is 19.1. The molecule has 0 bridgehead atoms. The van der Waals surface area contributed by atoms with Crippen molar-refractivity contribution >= 4 is 11.6 Å². The number of carbonyl (C=O) groups excluding carboxylic acids is 1. The number of hydrogen-bond donors (Lipinski definition) is 2. The molecule has 1 amide bonds. The van der Waals surface area contributed by atoms with Gasteiger partial charge in [-0.05, 0) is 75.1 Å². The van der Waals surface area contributed by atoms with Crippen LogP contribution in [0.5, 0.6) is 0 Å². The molecule has 1 atom stereocenters. The maximum atomic E-state index is 13.7. The zero-order valence-electron chi connectivity index (χ0n) is 20.8. The highest BCUT2D eigenvalue weighted by Crippen LogP contribution is 2.41. The van der Waals surface area contributed by atoms with Crippen molar-refractivity contribution < 1.29 is 9.18 Å². The van der Waals surface area contributed by atoms with Crippen molar-refractivity contribution in [2.24, 2.45) is 17.1 Å². The van der Waals surface area contributed by atoms with E-state index in [0.717, 1.165) is 36.8 Å². The van der Waals surface area contributed by atoms with Gasteiger partial charge in [0.15, 0.2) is 0 Å². The van der Waals surface area contributed by atoms with E-state index in [4.69, 9.17) is 5.73 Å². The maximum Gasteiger partial charge on any atom is 0.236 e. The molecule has 2 aliphatic heterocycles. The van der Waals surface area contributed by atoms with Crippen molar-refractivity contribution in [3.8, 4) is 0 Å². The third kappa shape index (κ3) is 4.57. The molecule has 0 radical (unpaired) electrons. The van der Waals surface area contributed by atoms with E-state index in [2.05, 4.69) is 55.9 Å². The number of hydrogen-bond acceptors (Lipinski definition) is 5. The summed E-state index contributed by atoms with van der Waals surface area (Å²) in [6.07, 6.45) is 6.85. The zero-order valence-corrected chi connectivity index (χ0v) is 20.8. The van der Waals surface area contributed by atoms with Gasteiger partial charge in [0.05, 0.1) is 12.1 Å². The van der Waals surface area contributed by atoms with Crippen molar-refractivity contribution in [3.05, 3.63) is 42.1 Å². The lowest BCUT2D eigenvalue weighted by Gasteiger charge is -2.54. The van der Waals surface area contributed by atoms with Gasteiger partial charge in [-0.1, -0.05) is 20.8 Å². The molecule has 1 saturated carbocycles. The van der Waals surface area contributed by atoms with Gasteiger partial charge in [0.25, 0.3) is 0 Å². The van der Waals surface area contributed by atoms with Crippen LogP contribution in [0.25, 0.3) is 0 Å². The van der Waals surface area contributed by atoms with Crippen LogP contribution in [0.15, 0.2) is 36.3 Å². The fourth-order valence-electron chi connectivity index (χ4n) is 5.98. The van der Waals surface area contributed by atoms with Gasteiger partial charge >= 0.3 is 0 Å². The second-order valence-electron chi connectivity index (χ2n) is 11.4. The highest BCUT2D eigenvalue weighted by molar-refractivity contribution is 5.79. The predicted molar refractivity (Wildman–Crippen MR) is 131 cm³/mol. The Kier molecular flexibility index (Phi) is 6.38. The van der Waals surface area contributed by atoms with Gasteiger partial charge in [-0.3, -0.25) is 4.79 Å². The van der Waals surface area contributed by atoms with Crippen LogP contribution in [0.2, 0.25) is 0 Å². The number of nitrogens with zero attached hydrogens (tertiary/aromatic N) is 3. The minimum Gasteiger partial charge on any atom is -0.368 e. The van der Waals surface area contributed by atoms with Gasteiger partial charge in [-0.25, -0.2) is 4.39 Å². The summed E-state index contributed by atoms with van der Waals surface area (Å²) >= 11 is 0. The molecule has 1 aliphatic carbocycles. The number of amides is 1. The third-order valence-electron chi connectivity index (χ3n) is 7.93. The van der Waals surface area contributed by atoms with Gasteiger partial charge < -0.3 is 25.8 Å². The second-order valence-corrected chi connectivity index (χ2v) is 11.4. The van der Waals surface area contributed by atoms with Crippen LogP contribution in [0.1, 0.15) is 60.3 Å². The number of benzene rings is 1. The Hall–Kier alpha value is -2.28. The van der Waals surface area contributed by atoms with E-state index in [9.17, 15) is 9.18 Å². The van der Waals surface area contributed by atoms with Crippen LogP contribution in [-0.4, -0.2) is 53.1 Å². The Labute approximate surface area is 198 Å². The first kappa shape index (κ1) is 23.9. The topological polar surface area (TPSA) is 64.8 Å². The number of fused-ring (bicyclic) bond motifs is 1. The monoisotopic (exact) mass is 457 g/mol. The highest BCUT2D eigenvalue weighted by atomic mass is 19.1. The summed E-state index contributed by atoms with van der Waals surface area (Å²) in [7, 11) is 0. The lowest BCUT2D eigenvalue weighted by atomic mass is 9.71. The average Bonchev–Trinajstić information content (AvgIpc) is 3.13.